The number of nitrogens with one attached hydrogen (secondary N) is 2. The molecule has 0 saturated heterocycles. The van der Waals surface area contributed by atoms with Gasteiger partial charge in [0.05, 0.1) is 6.54 Å². The summed E-state index contributed by atoms with van der Waals surface area (Å²) >= 11 is 0. The lowest BCUT2D eigenvalue weighted by Crippen LogP contribution is -2.34. The number of anilines is 1. The highest BCUT2D eigenvalue weighted by Gasteiger charge is 2.29. The molecular formula is C29H33F3N6O3. The normalized spacial score (nSPS) is 15.3. The van der Waals surface area contributed by atoms with Crippen LogP contribution in [0.1, 0.15) is 42.3 Å². The van der Waals surface area contributed by atoms with Gasteiger partial charge in [0.25, 0.3) is 0 Å². The zero-order valence-corrected chi connectivity index (χ0v) is 22.8. The highest BCUT2D eigenvalue weighted by Crippen LogP contribution is 2.20. The van der Waals surface area contributed by atoms with Crippen LogP contribution in [0.3, 0.4) is 0 Å². The molecule has 9 nitrogen and oxygen atoms in total. The number of halogens is 3. The summed E-state index contributed by atoms with van der Waals surface area (Å²) in [6.07, 6.45) is -2.57. The predicted molar refractivity (Wildman–Crippen MR) is 148 cm³/mol. The average Bonchev–Trinajstić information content (AvgIpc) is 2.94. The van der Waals surface area contributed by atoms with Crippen LogP contribution in [0.4, 0.5) is 19.1 Å². The van der Waals surface area contributed by atoms with Crippen molar-refractivity contribution in [3.63, 3.8) is 0 Å². The van der Waals surface area contributed by atoms with Gasteiger partial charge in [-0.15, -0.1) is 0 Å². The van der Waals surface area contributed by atoms with E-state index in [0.717, 1.165) is 35.2 Å². The first-order valence-electron chi connectivity index (χ1n) is 13.3. The van der Waals surface area contributed by atoms with Crippen molar-refractivity contribution >= 4 is 17.6 Å². The van der Waals surface area contributed by atoms with Crippen LogP contribution in [-0.4, -0.2) is 64.8 Å². The molecule has 0 spiro atoms. The van der Waals surface area contributed by atoms with Crippen LogP contribution in [0, 0.1) is 0 Å². The number of hydrogen-bond acceptors (Lipinski definition) is 8. The Morgan fingerprint density at radius 3 is 2.44 bits per heavy atom. The molecule has 1 aromatic heterocycles. The molecule has 4 aliphatic heterocycles. The zero-order valence-electron chi connectivity index (χ0n) is 22.8. The Bertz CT molecular complexity index is 1320. The topological polar surface area (TPSA) is 102 Å². The van der Waals surface area contributed by atoms with E-state index in [-0.39, 0.29) is 24.1 Å². The first kappa shape index (κ1) is 29.6. The van der Waals surface area contributed by atoms with E-state index >= 15 is 0 Å². The Hall–Kier alpha value is -4.35. The summed E-state index contributed by atoms with van der Waals surface area (Å²) in [5.74, 6) is 1.02. The SMILES string of the molecule is C=C1NCCCCN(C(C)=O)CCOc2ccc(cc2)CNc2nc(nc(OCC(F)(F)F)n2)Cc2ccc1cc2. The molecule has 4 aliphatic rings. The van der Waals surface area contributed by atoms with Crippen molar-refractivity contribution < 1.29 is 27.4 Å². The van der Waals surface area contributed by atoms with Crippen LogP contribution >= 0.6 is 0 Å². The van der Waals surface area contributed by atoms with Gasteiger partial charge in [0.1, 0.15) is 18.2 Å². The molecule has 0 fully saturated rings. The Kier molecular flexibility index (Phi) is 9.99. The molecule has 41 heavy (non-hydrogen) atoms. The van der Waals surface area contributed by atoms with Gasteiger partial charge >= 0.3 is 12.2 Å². The van der Waals surface area contributed by atoms with Crippen LogP contribution < -0.4 is 20.1 Å². The van der Waals surface area contributed by atoms with Crippen molar-refractivity contribution in [3.05, 3.63) is 77.6 Å². The monoisotopic (exact) mass is 570 g/mol. The standard InChI is InChI=1S/C29H33F3N6O3/c1-20-24-9-5-22(6-10-24)17-26-35-27(37-28(36-26)41-19-29(30,31)32)34-18-23-7-11-25(12-8-23)40-16-15-38(21(2)39)14-4-3-13-33-20/h5-12,33H,1,3-4,13-19H2,2H3,(H,34,35,36,37). The lowest BCUT2D eigenvalue weighted by atomic mass is 10.1. The molecule has 7 rings (SSSR count). The highest BCUT2D eigenvalue weighted by atomic mass is 19.4. The second kappa shape index (κ2) is 13.8. The number of carbonyl (C=O) groups is 1. The van der Waals surface area contributed by atoms with E-state index in [9.17, 15) is 18.0 Å². The largest absolute Gasteiger partial charge is 0.492 e. The molecule has 2 N–H and O–H groups in total. The van der Waals surface area contributed by atoms with Gasteiger partial charge in [-0.25, -0.2) is 0 Å². The van der Waals surface area contributed by atoms with Crippen molar-refractivity contribution in [2.75, 3.05) is 38.2 Å². The van der Waals surface area contributed by atoms with Crippen molar-refractivity contribution in [2.45, 2.75) is 38.9 Å². The van der Waals surface area contributed by atoms with E-state index < -0.39 is 18.8 Å². The lowest BCUT2D eigenvalue weighted by Gasteiger charge is -2.21. The van der Waals surface area contributed by atoms with Crippen molar-refractivity contribution in [1.82, 2.24) is 25.2 Å². The van der Waals surface area contributed by atoms with Gasteiger partial charge < -0.3 is 25.0 Å². The number of nitrogens with zero attached hydrogens (tertiary/aromatic N) is 4. The van der Waals surface area contributed by atoms with E-state index in [1.165, 1.54) is 0 Å². The first-order valence-corrected chi connectivity index (χ1v) is 13.3. The summed E-state index contributed by atoms with van der Waals surface area (Å²) in [4.78, 5) is 26.4. The molecule has 3 aromatic rings. The molecule has 0 unspecified atom stereocenters. The quantitative estimate of drug-likeness (QED) is 0.461. The summed E-state index contributed by atoms with van der Waals surface area (Å²) in [5.41, 5.74) is 3.41. The number of aromatic nitrogens is 3. The number of alkyl halides is 3. The zero-order chi connectivity index (χ0) is 29.2. The highest BCUT2D eigenvalue weighted by molar-refractivity contribution is 5.73. The number of amides is 1. The fraction of sp³-hybridized carbons (Fsp3) is 0.379. The van der Waals surface area contributed by atoms with Gasteiger partial charge in [-0.1, -0.05) is 43.0 Å². The Morgan fingerprint density at radius 2 is 1.73 bits per heavy atom. The second-order valence-electron chi connectivity index (χ2n) is 9.60. The minimum atomic E-state index is -4.53. The van der Waals surface area contributed by atoms with Crippen LogP contribution in [0.25, 0.3) is 5.70 Å². The number of rotatable bonds is 2. The molecule has 2 aromatic carbocycles. The average molecular weight is 571 g/mol. The summed E-state index contributed by atoms with van der Waals surface area (Å²) < 4.78 is 49.0. The van der Waals surface area contributed by atoms with Crippen molar-refractivity contribution in [3.8, 4) is 11.8 Å². The van der Waals surface area contributed by atoms with Crippen LogP contribution in [-0.2, 0) is 17.8 Å². The molecule has 5 heterocycles. The maximum absolute atomic E-state index is 12.8. The second-order valence-corrected chi connectivity index (χ2v) is 9.60. The Labute approximate surface area is 236 Å². The van der Waals surface area contributed by atoms with Gasteiger partial charge in [-0.3, -0.25) is 4.79 Å². The molecule has 218 valence electrons. The number of ether oxygens (including phenoxy) is 2. The van der Waals surface area contributed by atoms with Gasteiger partial charge in [0, 0.05) is 38.7 Å². The molecule has 12 heteroatoms. The van der Waals surface area contributed by atoms with Crippen molar-refractivity contribution in [2.24, 2.45) is 0 Å². The number of hydrogen-bond donors (Lipinski definition) is 2. The maximum atomic E-state index is 12.8. The first-order chi connectivity index (χ1) is 19.6. The fourth-order valence-corrected chi connectivity index (χ4v) is 4.13. The van der Waals surface area contributed by atoms with E-state index in [4.69, 9.17) is 9.47 Å². The van der Waals surface area contributed by atoms with E-state index in [1.54, 1.807) is 11.8 Å². The van der Waals surface area contributed by atoms with Gasteiger partial charge in [0.15, 0.2) is 6.61 Å². The van der Waals surface area contributed by atoms with Crippen LogP contribution in [0.5, 0.6) is 11.8 Å². The number of carbonyl (C=O) groups excluding carboxylic acids is 1. The van der Waals surface area contributed by atoms with E-state index in [1.807, 2.05) is 48.5 Å². The Balaban J connectivity index is 1.55. The smallest absolute Gasteiger partial charge is 0.422 e. The predicted octanol–water partition coefficient (Wildman–Crippen LogP) is 4.60. The van der Waals surface area contributed by atoms with Crippen LogP contribution in [0.15, 0.2) is 55.1 Å². The molecule has 0 radical (unpaired) electrons. The maximum Gasteiger partial charge on any atom is 0.422 e. The molecule has 0 saturated carbocycles. The summed E-state index contributed by atoms with van der Waals surface area (Å²) in [5, 5.41) is 6.36. The molecule has 0 aliphatic carbocycles. The van der Waals surface area contributed by atoms with Crippen LogP contribution in [0.2, 0.25) is 0 Å². The van der Waals surface area contributed by atoms with E-state index in [0.29, 0.717) is 38.5 Å². The molecule has 0 atom stereocenters. The third-order valence-corrected chi connectivity index (χ3v) is 6.33. The minimum absolute atomic E-state index is 0.00220. The lowest BCUT2D eigenvalue weighted by molar-refractivity contribution is -0.154. The molecular weight excluding hydrogens is 537 g/mol. The third kappa shape index (κ3) is 9.66. The van der Waals surface area contributed by atoms with Crippen molar-refractivity contribution in [1.29, 1.82) is 0 Å². The summed E-state index contributed by atoms with van der Waals surface area (Å²) in [6, 6.07) is 14.5. The van der Waals surface area contributed by atoms with Gasteiger partial charge in [-0.05, 0) is 41.7 Å². The Morgan fingerprint density at radius 1 is 1.00 bits per heavy atom. The fourth-order valence-electron chi connectivity index (χ4n) is 4.13. The van der Waals surface area contributed by atoms with E-state index in [2.05, 4.69) is 32.2 Å². The van der Waals surface area contributed by atoms with Gasteiger partial charge in [-0.2, -0.15) is 28.1 Å². The third-order valence-electron chi connectivity index (χ3n) is 6.33. The summed E-state index contributed by atoms with van der Waals surface area (Å²) in [6.45, 7) is 6.65. The molecule has 1 amide bonds. The van der Waals surface area contributed by atoms with Gasteiger partial charge in [0.2, 0.25) is 11.9 Å². The number of benzene rings is 2. The molecule has 6 bridgehead atoms. The minimum Gasteiger partial charge on any atom is -0.492 e. The summed E-state index contributed by atoms with van der Waals surface area (Å²) in [7, 11) is 0.